The first-order valence-electron chi connectivity index (χ1n) is 7.78. The minimum Gasteiger partial charge on any atom is -0.497 e. The summed E-state index contributed by atoms with van der Waals surface area (Å²) in [5, 5.41) is 0. The summed E-state index contributed by atoms with van der Waals surface area (Å²) in [6.07, 6.45) is 0.455. The van der Waals surface area contributed by atoms with Crippen molar-refractivity contribution in [3.8, 4) is 5.75 Å². The van der Waals surface area contributed by atoms with Crippen molar-refractivity contribution in [1.82, 2.24) is 0 Å². The highest BCUT2D eigenvalue weighted by Gasteiger charge is 2.46. The fourth-order valence-corrected chi connectivity index (χ4v) is 2.76. The second-order valence-corrected chi connectivity index (χ2v) is 5.89. The van der Waals surface area contributed by atoms with Gasteiger partial charge in [-0.2, -0.15) is 0 Å². The average molecular weight is 325 g/mol. The van der Waals surface area contributed by atoms with E-state index in [1.54, 1.807) is 55.3 Å². The van der Waals surface area contributed by atoms with Crippen molar-refractivity contribution in [2.75, 3.05) is 18.6 Å². The van der Waals surface area contributed by atoms with E-state index in [4.69, 9.17) is 9.47 Å². The van der Waals surface area contributed by atoms with E-state index in [0.717, 1.165) is 11.4 Å². The number of hydrogen-bond donors (Lipinski definition) is 0. The number of anilines is 1. The molecule has 24 heavy (non-hydrogen) atoms. The predicted molar refractivity (Wildman–Crippen MR) is 90.2 cm³/mol. The van der Waals surface area contributed by atoms with E-state index < -0.39 is 11.6 Å². The Bertz CT molecular complexity index is 742. The number of carbonyl (C=O) groups is 2. The smallest absolute Gasteiger partial charge is 0.339 e. The van der Waals surface area contributed by atoms with Crippen LogP contribution in [0.25, 0.3) is 0 Å². The minimum atomic E-state index is -1.15. The summed E-state index contributed by atoms with van der Waals surface area (Å²) in [6, 6.07) is 15.9. The van der Waals surface area contributed by atoms with Gasteiger partial charge in [-0.1, -0.05) is 18.2 Å². The van der Waals surface area contributed by atoms with E-state index in [2.05, 4.69) is 0 Å². The molecule has 0 spiro atoms. The van der Waals surface area contributed by atoms with Gasteiger partial charge in [-0.05, 0) is 43.3 Å². The Hall–Kier alpha value is -2.82. The molecule has 1 aliphatic heterocycles. The van der Waals surface area contributed by atoms with Gasteiger partial charge in [0.2, 0.25) is 0 Å². The number of ether oxygens (including phenoxy) is 2. The van der Waals surface area contributed by atoms with Crippen LogP contribution in [0.4, 0.5) is 5.69 Å². The third kappa shape index (κ3) is 2.97. The third-order valence-corrected chi connectivity index (χ3v) is 4.22. The highest BCUT2D eigenvalue weighted by Crippen LogP contribution is 2.32. The maximum atomic E-state index is 12.8. The Morgan fingerprint density at radius 2 is 1.75 bits per heavy atom. The van der Waals surface area contributed by atoms with E-state index >= 15 is 0 Å². The number of amides is 1. The van der Waals surface area contributed by atoms with Gasteiger partial charge < -0.3 is 14.4 Å². The van der Waals surface area contributed by atoms with Crippen LogP contribution in [0.1, 0.15) is 23.7 Å². The maximum Gasteiger partial charge on any atom is 0.339 e. The van der Waals surface area contributed by atoms with Crippen LogP contribution >= 0.6 is 0 Å². The fourth-order valence-electron chi connectivity index (χ4n) is 2.76. The molecule has 1 fully saturated rings. The van der Waals surface area contributed by atoms with Crippen LogP contribution in [0, 0.1) is 0 Å². The van der Waals surface area contributed by atoms with Crippen LogP contribution in [0.5, 0.6) is 5.75 Å². The quantitative estimate of drug-likeness (QED) is 0.811. The molecule has 0 saturated carbocycles. The first kappa shape index (κ1) is 16.1. The minimum absolute atomic E-state index is 0.211. The van der Waals surface area contributed by atoms with Crippen LogP contribution in [0.2, 0.25) is 0 Å². The molecular formula is C19H19NO4. The molecule has 1 heterocycles. The van der Waals surface area contributed by atoms with Crippen LogP contribution in [-0.4, -0.2) is 31.1 Å². The summed E-state index contributed by atoms with van der Waals surface area (Å²) >= 11 is 0. The molecule has 0 radical (unpaired) electrons. The Kier molecular flexibility index (Phi) is 4.25. The van der Waals surface area contributed by atoms with Gasteiger partial charge in [0.25, 0.3) is 5.91 Å². The second kappa shape index (κ2) is 6.35. The predicted octanol–water partition coefficient (Wildman–Crippen LogP) is 3.05. The lowest BCUT2D eigenvalue weighted by atomic mass is 10.1. The molecule has 1 amide bonds. The molecule has 5 nitrogen and oxygen atoms in total. The molecule has 0 N–H and O–H groups in total. The number of nitrogens with zero attached hydrogens (tertiary/aromatic N) is 1. The van der Waals surface area contributed by atoms with E-state index in [1.807, 2.05) is 18.2 Å². The van der Waals surface area contributed by atoms with Crippen molar-refractivity contribution < 1.29 is 19.1 Å². The van der Waals surface area contributed by atoms with Crippen LogP contribution in [0.15, 0.2) is 54.6 Å². The first-order valence-corrected chi connectivity index (χ1v) is 7.78. The zero-order valence-corrected chi connectivity index (χ0v) is 13.7. The summed E-state index contributed by atoms with van der Waals surface area (Å²) < 4.78 is 10.7. The Morgan fingerprint density at radius 3 is 2.38 bits per heavy atom. The molecule has 1 saturated heterocycles. The Morgan fingerprint density at radius 1 is 1.08 bits per heavy atom. The van der Waals surface area contributed by atoms with Crippen molar-refractivity contribution in [1.29, 1.82) is 0 Å². The lowest BCUT2D eigenvalue weighted by molar-refractivity contribution is -0.132. The van der Waals surface area contributed by atoms with E-state index in [1.165, 1.54) is 0 Å². The van der Waals surface area contributed by atoms with Crippen molar-refractivity contribution in [3.63, 3.8) is 0 Å². The molecule has 2 aromatic rings. The second-order valence-electron chi connectivity index (χ2n) is 5.89. The molecule has 0 bridgehead atoms. The number of methoxy groups -OCH3 is 1. The van der Waals surface area contributed by atoms with Gasteiger partial charge in [0.1, 0.15) is 5.75 Å². The first-order chi connectivity index (χ1) is 11.5. The highest BCUT2D eigenvalue weighted by molar-refractivity contribution is 6.03. The molecule has 124 valence electrons. The van der Waals surface area contributed by atoms with Crippen molar-refractivity contribution in [3.05, 3.63) is 60.2 Å². The third-order valence-electron chi connectivity index (χ3n) is 4.22. The standard InChI is InChI=1S/C19H19NO4/c1-19(24-17(21)14-6-4-3-5-7-14)12-13-20(18(19)22)15-8-10-16(23-2)11-9-15/h3-11H,12-13H2,1-2H3/t19-/m1/s1. The SMILES string of the molecule is COc1ccc(N2CC[C@@](C)(OC(=O)c3ccccc3)C2=O)cc1. The van der Waals surface area contributed by atoms with Crippen molar-refractivity contribution >= 4 is 17.6 Å². The van der Waals surface area contributed by atoms with E-state index in [9.17, 15) is 9.59 Å². The summed E-state index contributed by atoms with van der Waals surface area (Å²) in [6.45, 7) is 2.17. The van der Waals surface area contributed by atoms with Crippen LogP contribution in [0.3, 0.4) is 0 Å². The summed E-state index contributed by atoms with van der Waals surface area (Å²) in [5.41, 5.74) is 0.0575. The van der Waals surface area contributed by atoms with Gasteiger partial charge in [0, 0.05) is 18.7 Å². The van der Waals surface area contributed by atoms with Gasteiger partial charge >= 0.3 is 5.97 Å². The summed E-state index contributed by atoms with van der Waals surface area (Å²) in [5.74, 6) is 0.0311. The van der Waals surface area contributed by atoms with Gasteiger partial charge in [0.15, 0.2) is 5.60 Å². The molecule has 0 aliphatic carbocycles. The molecule has 1 atom stereocenters. The number of carbonyl (C=O) groups excluding carboxylic acids is 2. The Labute approximate surface area is 140 Å². The molecule has 1 aliphatic rings. The molecular weight excluding hydrogens is 306 g/mol. The maximum absolute atomic E-state index is 12.8. The van der Waals surface area contributed by atoms with E-state index in [0.29, 0.717) is 18.5 Å². The zero-order valence-electron chi connectivity index (χ0n) is 13.7. The molecule has 5 heteroatoms. The normalized spacial score (nSPS) is 20.1. The molecule has 0 aromatic heterocycles. The van der Waals surface area contributed by atoms with Crippen molar-refractivity contribution in [2.45, 2.75) is 18.9 Å². The highest BCUT2D eigenvalue weighted by atomic mass is 16.6. The fraction of sp³-hybridized carbons (Fsp3) is 0.263. The lowest BCUT2D eigenvalue weighted by Gasteiger charge is -2.24. The number of benzene rings is 2. The molecule has 0 unspecified atom stereocenters. The molecule has 3 rings (SSSR count). The lowest BCUT2D eigenvalue weighted by Crippen LogP contribution is -2.41. The number of hydrogen-bond acceptors (Lipinski definition) is 4. The Balaban J connectivity index is 1.75. The number of rotatable bonds is 4. The zero-order chi connectivity index (χ0) is 17.2. The summed E-state index contributed by atoms with van der Waals surface area (Å²) in [7, 11) is 1.59. The van der Waals surface area contributed by atoms with Gasteiger partial charge in [-0.15, -0.1) is 0 Å². The number of esters is 1. The van der Waals surface area contributed by atoms with Crippen molar-refractivity contribution in [2.24, 2.45) is 0 Å². The topological polar surface area (TPSA) is 55.8 Å². The monoisotopic (exact) mass is 325 g/mol. The van der Waals surface area contributed by atoms with Crippen LogP contribution < -0.4 is 9.64 Å². The molecule has 2 aromatic carbocycles. The van der Waals surface area contributed by atoms with Crippen LogP contribution in [-0.2, 0) is 9.53 Å². The van der Waals surface area contributed by atoms with Gasteiger partial charge in [0.05, 0.1) is 12.7 Å². The summed E-state index contributed by atoms with van der Waals surface area (Å²) in [4.78, 5) is 26.7. The van der Waals surface area contributed by atoms with Gasteiger partial charge in [-0.3, -0.25) is 4.79 Å². The average Bonchev–Trinajstić information content (AvgIpc) is 2.91. The largest absolute Gasteiger partial charge is 0.497 e. The van der Waals surface area contributed by atoms with Gasteiger partial charge in [-0.25, -0.2) is 4.79 Å². The van der Waals surface area contributed by atoms with E-state index in [-0.39, 0.29) is 5.91 Å².